The molecule has 0 bridgehead atoms. The zero-order chi connectivity index (χ0) is 19.3. The fourth-order valence-corrected chi connectivity index (χ4v) is 3.40. The van der Waals surface area contributed by atoms with Gasteiger partial charge in [0.05, 0.1) is 6.54 Å². The monoisotopic (exact) mass is 512 g/mol. The largest absolute Gasteiger partial charge is 0.355 e. The first-order valence-corrected chi connectivity index (χ1v) is 10.0. The molecule has 2 aromatic carbocycles. The van der Waals surface area contributed by atoms with E-state index in [-0.39, 0.29) is 36.4 Å². The Morgan fingerprint density at radius 2 is 1.64 bits per heavy atom. The van der Waals surface area contributed by atoms with Gasteiger partial charge in [0.15, 0.2) is 5.96 Å². The molecular formula is C21H29IN4OS. The summed E-state index contributed by atoms with van der Waals surface area (Å²) in [6.45, 7) is 3.75. The van der Waals surface area contributed by atoms with Crippen LogP contribution in [-0.2, 0) is 11.2 Å². The van der Waals surface area contributed by atoms with E-state index in [4.69, 9.17) is 0 Å². The van der Waals surface area contributed by atoms with Crippen molar-refractivity contribution in [2.45, 2.75) is 23.5 Å². The van der Waals surface area contributed by atoms with Crippen LogP contribution in [0.5, 0.6) is 0 Å². The lowest BCUT2D eigenvalue weighted by molar-refractivity contribution is -0.119. The summed E-state index contributed by atoms with van der Waals surface area (Å²) in [5, 5.41) is 9.62. The Bertz CT molecular complexity index is 713. The van der Waals surface area contributed by atoms with Crippen molar-refractivity contribution in [3.05, 3.63) is 66.2 Å². The van der Waals surface area contributed by atoms with Gasteiger partial charge in [-0.1, -0.05) is 55.5 Å². The van der Waals surface area contributed by atoms with Gasteiger partial charge in [-0.3, -0.25) is 9.79 Å². The average molecular weight is 512 g/mol. The third-order valence-corrected chi connectivity index (χ3v) is 4.97. The maximum atomic E-state index is 12.0. The number of benzene rings is 2. The fourth-order valence-electron chi connectivity index (χ4n) is 2.45. The van der Waals surface area contributed by atoms with E-state index in [1.54, 1.807) is 18.8 Å². The summed E-state index contributed by atoms with van der Waals surface area (Å²) >= 11 is 1.80. The predicted octanol–water partition coefficient (Wildman–Crippen LogP) is 3.31. The lowest BCUT2D eigenvalue weighted by Crippen LogP contribution is -2.44. The minimum atomic E-state index is -0.0411. The SMILES string of the molecule is CN=C(NCC(=O)NCCc1ccccc1)NCC(C)Sc1ccccc1.I. The Kier molecular flexibility index (Phi) is 12.4. The third kappa shape index (κ3) is 9.98. The Balaban J connectivity index is 0.00000392. The summed E-state index contributed by atoms with van der Waals surface area (Å²) in [5.41, 5.74) is 1.22. The topological polar surface area (TPSA) is 65.5 Å². The maximum absolute atomic E-state index is 12.0. The Morgan fingerprint density at radius 1 is 1.00 bits per heavy atom. The quantitative estimate of drug-likeness (QED) is 0.209. The molecule has 1 amide bonds. The second kappa shape index (κ2) is 14.3. The maximum Gasteiger partial charge on any atom is 0.239 e. The summed E-state index contributed by atoms with van der Waals surface area (Å²) in [4.78, 5) is 17.4. The van der Waals surface area contributed by atoms with Crippen LogP contribution in [0.4, 0.5) is 0 Å². The number of hydrogen-bond donors (Lipinski definition) is 3. The van der Waals surface area contributed by atoms with Gasteiger partial charge in [0.25, 0.3) is 0 Å². The number of rotatable bonds is 9. The summed E-state index contributed by atoms with van der Waals surface area (Å²) in [7, 11) is 1.71. The van der Waals surface area contributed by atoms with Crippen molar-refractivity contribution in [3.8, 4) is 0 Å². The van der Waals surface area contributed by atoms with Crippen LogP contribution >= 0.6 is 35.7 Å². The number of hydrogen-bond acceptors (Lipinski definition) is 3. The van der Waals surface area contributed by atoms with E-state index in [1.165, 1.54) is 10.5 Å². The molecule has 152 valence electrons. The van der Waals surface area contributed by atoms with Gasteiger partial charge in [-0.25, -0.2) is 0 Å². The van der Waals surface area contributed by atoms with Gasteiger partial charge in [-0.15, -0.1) is 35.7 Å². The lowest BCUT2D eigenvalue weighted by Gasteiger charge is -2.16. The second-order valence-corrected chi connectivity index (χ2v) is 7.65. The molecule has 2 aromatic rings. The van der Waals surface area contributed by atoms with Crippen LogP contribution in [0.2, 0.25) is 0 Å². The van der Waals surface area contributed by atoms with Crippen molar-refractivity contribution in [2.75, 3.05) is 26.7 Å². The minimum absolute atomic E-state index is 0. The van der Waals surface area contributed by atoms with E-state index >= 15 is 0 Å². The van der Waals surface area contributed by atoms with Crippen LogP contribution < -0.4 is 16.0 Å². The van der Waals surface area contributed by atoms with Crippen molar-refractivity contribution in [1.29, 1.82) is 0 Å². The molecule has 1 atom stereocenters. The van der Waals surface area contributed by atoms with E-state index < -0.39 is 0 Å². The van der Waals surface area contributed by atoms with E-state index in [9.17, 15) is 4.79 Å². The van der Waals surface area contributed by atoms with Gasteiger partial charge < -0.3 is 16.0 Å². The van der Waals surface area contributed by atoms with Crippen LogP contribution in [0, 0.1) is 0 Å². The van der Waals surface area contributed by atoms with E-state index in [2.05, 4.69) is 52.1 Å². The number of thioether (sulfide) groups is 1. The highest BCUT2D eigenvalue weighted by Crippen LogP contribution is 2.21. The fraction of sp³-hybridized carbons (Fsp3) is 0.333. The van der Waals surface area contributed by atoms with Crippen LogP contribution in [0.3, 0.4) is 0 Å². The average Bonchev–Trinajstić information content (AvgIpc) is 2.69. The van der Waals surface area contributed by atoms with E-state index in [0.29, 0.717) is 17.8 Å². The van der Waals surface area contributed by atoms with Gasteiger partial charge in [0.1, 0.15) is 0 Å². The molecule has 0 aromatic heterocycles. The smallest absolute Gasteiger partial charge is 0.239 e. The molecule has 0 aliphatic carbocycles. The minimum Gasteiger partial charge on any atom is -0.355 e. The molecule has 7 heteroatoms. The van der Waals surface area contributed by atoms with Crippen LogP contribution in [0.25, 0.3) is 0 Å². The molecule has 3 N–H and O–H groups in total. The molecule has 1 unspecified atom stereocenters. The summed E-state index contributed by atoms with van der Waals surface area (Å²) in [6.07, 6.45) is 0.827. The standard InChI is InChI=1S/C21H28N4OS.HI/c1-17(27-19-11-7-4-8-12-19)15-24-21(22-2)25-16-20(26)23-14-13-18-9-5-3-6-10-18;/h3-12,17H,13-16H2,1-2H3,(H,23,26)(H2,22,24,25);1H. The van der Waals surface area contributed by atoms with Crippen molar-refractivity contribution in [3.63, 3.8) is 0 Å². The lowest BCUT2D eigenvalue weighted by atomic mass is 10.1. The number of guanidine groups is 1. The number of halogens is 1. The number of carbonyl (C=O) groups excluding carboxylic acids is 1. The van der Waals surface area contributed by atoms with Crippen LogP contribution in [-0.4, -0.2) is 43.8 Å². The zero-order valence-electron chi connectivity index (χ0n) is 16.4. The van der Waals surface area contributed by atoms with Crippen molar-refractivity contribution < 1.29 is 4.79 Å². The number of amides is 1. The molecule has 0 aliphatic heterocycles. The molecule has 28 heavy (non-hydrogen) atoms. The van der Waals surface area contributed by atoms with Crippen LogP contribution in [0.15, 0.2) is 70.6 Å². The van der Waals surface area contributed by atoms with Crippen molar-refractivity contribution in [2.24, 2.45) is 4.99 Å². The first kappa shape index (κ1) is 24.3. The van der Waals surface area contributed by atoms with Crippen molar-refractivity contribution >= 4 is 47.6 Å². The van der Waals surface area contributed by atoms with Crippen LogP contribution in [0.1, 0.15) is 12.5 Å². The first-order valence-electron chi connectivity index (χ1n) is 9.14. The first-order chi connectivity index (χ1) is 13.2. The number of carbonyl (C=O) groups is 1. The number of nitrogens with one attached hydrogen (secondary N) is 3. The predicted molar refractivity (Wildman–Crippen MR) is 130 cm³/mol. The molecule has 0 radical (unpaired) electrons. The Morgan fingerprint density at radius 3 is 2.29 bits per heavy atom. The normalized spacial score (nSPS) is 11.9. The Labute approximate surface area is 189 Å². The van der Waals surface area contributed by atoms with Crippen molar-refractivity contribution in [1.82, 2.24) is 16.0 Å². The molecule has 5 nitrogen and oxygen atoms in total. The highest BCUT2D eigenvalue weighted by Gasteiger charge is 2.07. The molecular weight excluding hydrogens is 483 g/mol. The van der Waals surface area contributed by atoms with Gasteiger partial charge in [-0.2, -0.15) is 0 Å². The molecule has 0 aliphatic rings. The second-order valence-electron chi connectivity index (χ2n) is 6.13. The zero-order valence-corrected chi connectivity index (χ0v) is 19.5. The highest BCUT2D eigenvalue weighted by atomic mass is 127. The molecule has 2 rings (SSSR count). The number of aliphatic imine (C=N–C) groups is 1. The van der Waals surface area contributed by atoms with Gasteiger partial charge in [0.2, 0.25) is 5.91 Å². The molecule has 0 fully saturated rings. The molecule has 0 saturated heterocycles. The summed E-state index contributed by atoms with van der Waals surface area (Å²) in [6, 6.07) is 20.4. The highest BCUT2D eigenvalue weighted by molar-refractivity contribution is 14.0. The molecule has 0 spiro atoms. The van der Waals surface area contributed by atoms with E-state index in [1.807, 2.05) is 36.4 Å². The Hall–Kier alpha value is -1.74. The summed E-state index contributed by atoms with van der Waals surface area (Å²) in [5.74, 6) is 0.592. The summed E-state index contributed by atoms with van der Waals surface area (Å²) < 4.78 is 0. The third-order valence-electron chi connectivity index (χ3n) is 3.86. The van der Waals surface area contributed by atoms with Gasteiger partial charge in [0, 0.05) is 30.3 Å². The molecule has 0 heterocycles. The number of nitrogens with zero attached hydrogens (tertiary/aromatic N) is 1. The van der Waals surface area contributed by atoms with Gasteiger partial charge >= 0.3 is 0 Å². The van der Waals surface area contributed by atoms with Gasteiger partial charge in [-0.05, 0) is 24.1 Å². The van der Waals surface area contributed by atoms with E-state index in [0.717, 1.165) is 13.0 Å². The molecule has 0 saturated carbocycles.